The first kappa shape index (κ1) is 19.1. The number of rotatable bonds is 6. The molecule has 26 heavy (non-hydrogen) atoms. The first-order valence-corrected chi connectivity index (χ1v) is 10.1. The number of likely N-dealkylation sites (tertiary alicyclic amines) is 1. The predicted molar refractivity (Wildman–Crippen MR) is 109 cm³/mol. The number of carbonyl (C=O) groups excluding carboxylic acids is 1. The van der Waals surface area contributed by atoms with Gasteiger partial charge in [0.15, 0.2) is 0 Å². The van der Waals surface area contributed by atoms with Crippen LogP contribution < -0.4 is 5.32 Å². The molecule has 1 aliphatic heterocycles. The van der Waals surface area contributed by atoms with Crippen LogP contribution >= 0.6 is 11.8 Å². The van der Waals surface area contributed by atoms with Crippen LogP contribution in [0.5, 0.6) is 0 Å². The normalized spacial score (nSPS) is 17.5. The Morgan fingerprint density at radius 3 is 2.73 bits per heavy atom. The van der Waals surface area contributed by atoms with E-state index in [1.54, 1.807) is 0 Å². The molecule has 2 heterocycles. The smallest absolute Gasteiger partial charge is 0.230 e. The van der Waals surface area contributed by atoms with E-state index in [-0.39, 0.29) is 11.4 Å². The maximum Gasteiger partial charge on any atom is 0.230 e. The summed E-state index contributed by atoms with van der Waals surface area (Å²) < 4.78 is 0. The average molecular weight is 373 g/mol. The summed E-state index contributed by atoms with van der Waals surface area (Å²) in [6, 6.07) is 10.2. The standard InChI is InChI=1S/C20H28N4OS/c1-23(2)20(9-12-24(3)13-10-20)15-22-18(25)14-26-19-17-7-5-4-6-16(17)8-11-21-19/h4-8,11H,9-10,12-15H2,1-3H3,(H,22,25). The average Bonchev–Trinajstić information content (AvgIpc) is 2.66. The second-order valence-electron chi connectivity index (χ2n) is 7.32. The second kappa shape index (κ2) is 8.37. The molecule has 1 aromatic heterocycles. The molecule has 1 aliphatic rings. The summed E-state index contributed by atoms with van der Waals surface area (Å²) >= 11 is 1.51. The van der Waals surface area contributed by atoms with Crippen LogP contribution in [0.1, 0.15) is 12.8 Å². The number of fused-ring (bicyclic) bond motifs is 1. The van der Waals surface area contributed by atoms with Gasteiger partial charge in [-0.3, -0.25) is 4.79 Å². The zero-order chi connectivity index (χ0) is 18.6. The number of amides is 1. The number of pyridine rings is 1. The van der Waals surface area contributed by atoms with Gasteiger partial charge < -0.3 is 15.1 Å². The highest BCUT2D eigenvalue weighted by molar-refractivity contribution is 8.00. The van der Waals surface area contributed by atoms with E-state index in [2.05, 4.69) is 53.4 Å². The highest BCUT2D eigenvalue weighted by Crippen LogP contribution is 2.27. The Morgan fingerprint density at radius 1 is 1.27 bits per heavy atom. The number of nitrogens with zero attached hydrogens (tertiary/aromatic N) is 3. The van der Waals surface area contributed by atoms with Crippen molar-refractivity contribution in [3.63, 3.8) is 0 Å². The van der Waals surface area contributed by atoms with Gasteiger partial charge in [0.05, 0.1) is 5.75 Å². The fourth-order valence-electron chi connectivity index (χ4n) is 3.47. The quantitative estimate of drug-likeness (QED) is 0.790. The SMILES string of the molecule is CN1CCC(CNC(=O)CSc2nccc3ccccc23)(N(C)C)CC1. The monoisotopic (exact) mass is 372 g/mol. The largest absolute Gasteiger partial charge is 0.354 e. The van der Waals surface area contributed by atoms with E-state index >= 15 is 0 Å². The maximum atomic E-state index is 12.4. The summed E-state index contributed by atoms with van der Waals surface area (Å²) in [5.74, 6) is 0.467. The Balaban J connectivity index is 1.57. The van der Waals surface area contributed by atoms with Gasteiger partial charge in [0.1, 0.15) is 5.03 Å². The summed E-state index contributed by atoms with van der Waals surface area (Å²) in [5.41, 5.74) is 0.0601. The van der Waals surface area contributed by atoms with Crippen LogP contribution in [0.15, 0.2) is 41.6 Å². The molecule has 0 bridgehead atoms. The lowest BCUT2D eigenvalue weighted by Crippen LogP contribution is -2.58. The van der Waals surface area contributed by atoms with Crippen LogP contribution in [0.25, 0.3) is 10.8 Å². The Morgan fingerprint density at radius 2 is 2.00 bits per heavy atom. The van der Waals surface area contributed by atoms with E-state index in [9.17, 15) is 4.79 Å². The van der Waals surface area contributed by atoms with Crippen molar-refractivity contribution in [1.82, 2.24) is 20.1 Å². The Hall–Kier alpha value is -1.63. The number of thioether (sulfide) groups is 1. The fourth-order valence-corrected chi connectivity index (χ4v) is 4.32. The minimum absolute atomic E-state index is 0.0601. The molecule has 3 rings (SSSR count). The van der Waals surface area contributed by atoms with E-state index in [1.165, 1.54) is 11.8 Å². The van der Waals surface area contributed by atoms with Gasteiger partial charge in [0, 0.05) is 23.7 Å². The summed E-state index contributed by atoms with van der Waals surface area (Å²) in [6.07, 6.45) is 3.96. The lowest BCUT2D eigenvalue weighted by molar-refractivity contribution is -0.119. The second-order valence-corrected chi connectivity index (χ2v) is 8.29. The molecule has 1 amide bonds. The van der Waals surface area contributed by atoms with Crippen molar-refractivity contribution in [2.24, 2.45) is 0 Å². The van der Waals surface area contributed by atoms with E-state index in [4.69, 9.17) is 0 Å². The van der Waals surface area contributed by atoms with Crippen molar-refractivity contribution in [2.45, 2.75) is 23.4 Å². The molecule has 2 aromatic rings. The van der Waals surface area contributed by atoms with E-state index < -0.39 is 0 Å². The minimum atomic E-state index is 0.0601. The number of benzene rings is 1. The van der Waals surface area contributed by atoms with Crippen LogP contribution in [0.4, 0.5) is 0 Å². The fraction of sp³-hybridized carbons (Fsp3) is 0.500. The van der Waals surface area contributed by atoms with Gasteiger partial charge in [-0.15, -0.1) is 0 Å². The van der Waals surface area contributed by atoms with Gasteiger partial charge in [0.25, 0.3) is 0 Å². The number of hydrogen-bond donors (Lipinski definition) is 1. The summed E-state index contributed by atoms with van der Waals surface area (Å²) in [5, 5.41) is 6.34. The van der Waals surface area contributed by atoms with Crippen molar-refractivity contribution in [2.75, 3.05) is 46.5 Å². The van der Waals surface area contributed by atoms with Crippen LogP contribution in [0, 0.1) is 0 Å². The number of likely N-dealkylation sites (N-methyl/N-ethyl adjacent to an activating group) is 1. The molecule has 0 unspecified atom stereocenters. The third kappa shape index (κ3) is 4.37. The zero-order valence-electron chi connectivity index (χ0n) is 15.9. The Kier molecular flexibility index (Phi) is 6.16. The van der Waals surface area contributed by atoms with Crippen molar-refractivity contribution in [1.29, 1.82) is 0 Å². The van der Waals surface area contributed by atoms with Gasteiger partial charge >= 0.3 is 0 Å². The van der Waals surface area contributed by atoms with Crippen LogP contribution in [-0.4, -0.2) is 72.8 Å². The molecule has 140 valence electrons. The minimum Gasteiger partial charge on any atom is -0.354 e. The van der Waals surface area contributed by atoms with Gasteiger partial charge in [0.2, 0.25) is 5.91 Å². The lowest BCUT2D eigenvalue weighted by Gasteiger charge is -2.45. The van der Waals surface area contributed by atoms with Gasteiger partial charge in [-0.25, -0.2) is 4.98 Å². The van der Waals surface area contributed by atoms with Gasteiger partial charge in [-0.05, 0) is 58.5 Å². The number of nitrogens with one attached hydrogen (secondary N) is 1. The lowest BCUT2D eigenvalue weighted by atomic mass is 9.86. The summed E-state index contributed by atoms with van der Waals surface area (Å²) in [6.45, 7) is 2.85. The molecule has 0 spiro atoms. The third-order valence-corrected chi connectivity index (χ3v) is 6.46. The topological polar surface area (TPSA) is 48.5 Å². The van der Waals surface area contributed by atoms with Crippen molar-refractivity contribution in [3.8, 4) is 0 Å². The van der Waals surface area contributed by atoms with Crippen molar-refractivity contribution < 1.29 is 4.79 Å². The van der Waals surface area contributed by atoms with E-state index in [1.807, 2.05) is 24.4 Å². The molecule has 0 radical (unpaired) electrons. The third-order valence-electron chi connectivity index (χ3n) is 5.46. The van der Waals surface area contributed by atoms with E-state index in [0.717, 1.165) is 41.7 Å². The molecule has 6 heteroatoms. The maximum absolute atomic E-state index is 12.4. The molecule has 0 saturated carbocycles. The number of hydrogen-bond acceptors (Lipinski definition) is 5. The molecule has 1 fully saturated rings. The van der Waals surface area contributed by atoms with Gasteiger partial charge in [-0.1, -0.05) is 36.0 Å². The predicted octanol–water partition coefficient (Wildman–Crippen LogP) is 2.47. The zero-order valence-corrected chi connectivity index (χ0v) is 16.7. The molecule has 1 saturated heterocycles. The first-order chi connectivity index (χ1) is 12.5. The number of carbonyl (C=O) groups is 1. The molecule has 1 aromatic carbocycles. The molecule has 1 N–H and O–H groups in total. The van der Waals surface area contributed by atoms with Crippen molar-refractivity contribution >= 4 is 28.4 Å². The van der Waals surface area contributed by atoms with Gasteiger partial charge in [-0.2, -0.15) is 0 Å². The highest BCUT2D eigenvalue weighted by Gasteiger charge is 2.35. The molecular weight excluding hydrogens is 344 g/mol. The van der Waals surface area contributed by atoms with Crippen molar-refractivity contribution in [3.05, 3.63) is 36.5 Å². The molecule has 0 atom stereocenters. The molecule has 0 aliphatic carbocycles. The molecular formula is C20H28N4OS. The summed E-state index contributed by atoms with van der Waals surface area (Å²) in [4.78, 5) is 21.5. The Labute approximate surface area is 160 Å². The first-order valence-electron chi connectivity index (χ1n) is 9.09. The summed E-state index contributed by atoms with van der Waals surface area (Å²) in [7, 11) is 6.39. The van der Waals surface area contributed by atoms with Crippen LogP contribution in [0.2, 0.25) is 0 Å². The highest BCUT2D eigenvalue weighted by atomic mass is 32.2. The number of aromatic nitrogens is 1. The van der Waals surface area contributed by atoms with E-state index in [0.29, 0.717) is 12.3 Å². The Bertz CT molecular complexity index is 751. The number of piperidine rings is 1. The molecule has 5 nitrogen and oxygen atoms in total. The van der Waals surface area contributed by atoms with Crippen LogP contribution in [-0.2, 0) is 4.79 Å². The van der Waals surface area contributed by atoms with Crippen LogP contribution in [0.3, 0.4) is 0 Å².